The smallest absolute Gasteiger partial charge is 0.338 e. The van der Waals surface area contributed by atoms with Gasteiger partial charge in [-0.15, -0.1) is 0 Å². The third-order valence-corrected chi connectivity index (χ3v) is 3.43. The zero-order chi connectivity index (χ0) is 19.1. The lowest BCUT2D eigenvalue weighted by Gasteiger charge is -2.12. The van der Waals surface area contributed by atoms with Crippen molar-refractivity contribution in [1.82, 2.24) is 0 Å². The van der Waals surface area contributed by atoms with Gasteiger partial charge in [0.1, 0.15) is 11.5 Å². The van der Waals surface area contributed by atoms with Crippen molar-refractivity contribution in [3.63, 3.8) is 0 Å². The summed E-state index contributed by atoms with van der Waals surface area (Å²) >= 11 is 0. The Bertz CT molecular complexity index is 768. The number of nitrogens with one attached hydrogen (secondary N) is 1. The molecule has 2 rings (SSSR count). The minimum Gasteiger partial charge on any atom is -0.495 e. The lowest BCUT2D eigenvalue weighted by atomic mass is 10.2. The van der Waals surface area contributed by atoms with Crippen LogP contribution in [0.2, 0.25) is 0 Å². The van der Waals surface area contributed by atoms with E-state index in [4.69, 9.17) is 14.2 Å². The summed E-state index contributed by atoms with van der Waals surface area (Å²) in [6, 6.07) is 12.0. The average molecular weight is 357 g/mol. The molecule has 0 radical (unpaired) electrons. The number of esters is 1. The van der Waals surface area contributed by atoms with E-state index in [0.717, 1.165) is 5.56 Å². The fourth-order valence-corrected chi connectivity index (χ4v) is 2.26. The Labute approximate surface area is 153 Å². The summed E-state index contributed by atoms with van der Waals surface area (Å²) in [5, 5.41) is 2.68. The SMILES string of the molecule is COc1ccc(C)cc1NC(=O)COC(=O)c1ccc(OC(C)C)cc1. The Kier molecular flexibility index (Phi) is 6.60. The first-order valence-corrected chi connectivity index (χ1v) is 8.27. The van der Waals surface area contributed by atoms with Gasteiger partial charge >= 0.3 is 5.97 Å². The molecule has 0 fully saturated rings. The van der Waals surface area contributed by atoms with Crippen LogP contribution in [0, 0.1) is 6.92 Å². The fraction of sp³-hybridized carbons (Fsp3) is 0.300. The van der Waals surface area contributed by atoms with Gasteiger partial charge in [-0.05, 0) is 62.7 Å². The molecule has 0 unspecified atom stereocenters. The van der Waals surface area contributed by atoms with Crippen molar-refractivity contribution in [2.75, 3.05) is 19.0 Å². The van der Waals surface area contributed by atoms with Crippen molar-refractivity contribution < 1.29 is 23.8 Å². The maximum Gasteiger partial charge on any atom is 0.338 e. The Hall–Kier alpha value is -3.02. The average Bonchev–Trinajstić information content (AvgIpc) is 2.60. The van der Waals surface area contributed by atoms with E-state index in [1.165, 1.54) is 7.11 Å². The minimum atomic E-state index is -0.576. The van der Waals surface area contributed by atoms with Crippen LogP contribution in [0.4, 0.5) is 5.69 Å². The molecular weight excluding hydrogens is 334 g/mol. The first kappa shape index (κ1) is 19.3. The standard InChI is InChI=1S/C20H23NO5/c1-13(2)26-16-8-6-15(7-9-16)20(23)25-12-19(22)21-17-11-14(3)5-10-18(17)24-4/h5-11,13H,12H2,1-4H3,(H,21,22). The molecule has 1 amide bonds. The topological polar surface area (TPSA) is 73.9 Å². The van der Waals surface area contributed by atoms with Gasteiger partial charge in [-0.3, -0.25) is 4.79 Å². The molecule has 138 valence electrons. The number of carbonyl (C=O) groups excluding carboxylic acids is 2. The van der Waals surface area contributed by atoms with E-state index in [-0.39, 0.29) is 12.7 Å². The van der Waals surface area contributed by atoms with Crippen molar-refractivity contribution in [2.24, 2.45) is 0 Å². The second-order valence-corrected chi connectivity index (χ2v) is 6.02. The molecule has 0 spiro atoms. The van der Waals surface area contributed by atoms with Crippen LogP contribution in [-0.4, -0.2) is 31.7 Å². The minimum absolute atomic E-state index is 0.0510. The Morgan fingerprint density at radius 2 is 1.77 bits per heavy atom. The molecular formula is C20H23NO5. The molecule has 2 aromatic rings. The second kappa shape index (κ2) is 8.89. The summed E-state index contributed by atoms with van der Waals surface area (Å²) in [6.45, 7) is 5.36. The lowest BCUT2D eigenvalue weighted by Crippen LogP contribution is -2.21. The van der Waals surface area contributed by atoms with Crippen LogP contribution in [0.1, 0.15) is 29.8 Å². The normalized spacial score (nSPS) is 10.3. The summed E-state index contributed by atoms with van der Waals surface area (Å²) in [6.07, 6.45) is 0.0510. The van der Waals surface area contributed by atoms with Gasteiger partial charge in [0.25, 0.3) is 5.91 Å². The zero-order valence-electron chi connectivity index (χ0n) is 15.4. The predicted octanol–water partition coefficient (Wildman–Crippen LogP) is 3.59. The van der Waals surface area contributed by atoms with Gasteiger partial charge in [0.05, 0.1) is 24.5 Å². The van der Waals surface area contributed by atoms with Crippen LogP contribution in [0.3, 0.4) is 0 Å². The molecule has 0 aliphatic heterocycles. The molecule has 0 saturated heterocycles. The maximum atomic E-state index is 12.0. The molecule has 26 heavy (non-hydrogen) atoms. The maximum absolute atomic E-state index is 12.0. The van der Waals surface area contributed by atoms with Crippen molar-refractivity contribution in [3.8, 4) is 11.5 Å². The van der Waals surface area contributed by atoms with E-state index < -0.39 is 11.9 Å². The second-order valence-electron chi connectivity index (χ2n) is 6.02. The van der Waals surface area contributed by atoms with E-state index in [1.807, 2.05) is 26.8 Å². The zero-order valence-corrected chi connectivity index (χ0v) is 15.4. The van der Waals surface area contributed by atoms with Crippen LogP contribution in [-0.2, 0) is 9.53 Å². The number of aryl methyl sites for hydroxylation is 1. The number of anilines is 1. The summed E-state index contributed by atoms with van der Waals surface area (Å²) in [5.41, 5.74) is 1.85. The summed E-state index contributed by atoms with van der Waals surface area (Å²) in [7, 11) is 1.52. The van der Waals surface area contributed by atoms with Crippen LogP contribution in [0.25, 0.3) is 0 Å². The van der Waals surface area contributed by atoms with Gasteiger partial charge in [-0.1, -0.05) is 6.07 Å². The first-order valence-electron chi connectivity index (χ1n) is 8.27. The van der Waals surface area contributed by atoms with Crippen LogP contribution < -0.4 is 14.8 Å². The largest absolute Gasteiger partial charge is 0.495 e. The number of rotatable bonds is 7. The van der Waals surface area contributed by atoms with Crippen LogP contribution >= 0.6 is 0 Å². The highest BCUT2D eigenvalue weighted by molar-refractivity contribution is 5.96. The number of ether oxygens (including phenoxy) is 3. The van der Waals surface area contributed by atoms with Crippen LogP contribution in [0.15, 0.2) is 42.5 Å². The number of hydrogen-bond donors (Lipinski definition) is 1. The van der Waals surface area contributed by atoms with E-state index in [1.54, 1.807) is 36.4 Å². The summed E-state index contributed by atoms with van der Waals surface area (Å²) in [4.78, 5) is 24.1. The quantitative estimate of drug-likeness (QED) is 0.767. The Balaban J connectivity index is 1.90. The molecule has 0 aliphatic carbocycles. The Morgan fingerprint density at radius 3 is 2.38 bits per heavy atom. The van der Waals surface area contributed by atoms with Gasteiger partial charge < -0.3 is 19.5 Å². The lowest BCUT2D eigenvalue weighted by molar-refractivity contribution is -0.119. The molecule has 2 aromatic carbocycles. The number of amides is 1. The van der Waals surface area contributed by atoms with E-state index >= 15 is 0 Å². The van der Waals surface area contributed by atoms with Crippen molar-refractivity contribution >= 4 is 17.6 Å². The monoisotopic (exact) mass is 357 g/mol. The molecule has 0 aliphatic rings. The van der Waals surface area contributed by atoms with E-state index in [2.05, 4.69) is 5.32 Å². The number of benzene rings is 2. The molecule has 0 saturated carbocycles. The molecule has 1 N–H and O–H groups in total. The molecule has 0 bridgehead atoms. The number of methoxy groups -OCH3 is 1. The van der Waals surface area contributed by atoms with Crippen molar-refractivity contribution in [2.45, 2.75) is 26.9 Å². The first-order chi connectivity index (χ1) is 12.4. The number of hydrogen-bond acceptors (Lipinski definition) is 5. The van der Waals surface area contributed by atoms with E-state index in [9.17, 15) is 9.59 Å². The molecule has 6 nitrogen and oxygen atoms in total. The number of carbonyl (C=O) groups is 2. The molecule has 0 heterocycles. The third-order valence-electron chi connectivity index (χ3n) is 3.43. The Morgan fingerprint density at radius 1 is 1.08 bits per heavy atom. The van der Waals surface area contributed by atoms with Gasteiger partial charge in [-0.2, -0.15) is 0 Å². The highest BCUT2D eigenvalue weighted by Gasteiger charge is 2.12. The molecule has 0 aromatic heterocycles. The van der Waals surface area contributed by atoms with Gasteiger partial charge in [0.15, 0.2) is 6.61 Å². The molecule has 6 heteroatoms. The van der Waals surface area contributed by atoms with Crippen LogP contribution in [0.5, 0.6) is 11.5 Å². The summed E-state index contributed by atoms with van der Waals surface area (Å²) in [5.74, 6) is 0.186. The van der Waals surface area contributed by atoms with E-state index in [0.29, 0.717) is 22.7 Å². The highest BCUT2D eigenvalue weighted by Crippen LogP contribution is 2.25. The highest BCUT2D eigenvalue weighted by atomic mass is 16.5. The van der Waals surface area contributed by atoms with Gasteiger partial charge in [-0.25, -0.2) is 4.79 Å². The van der Waals surface area contributed by atoms with Gasteiger partial charge in [0, 0.05) is 0 Å². The van der Waals surface area contributed by atoms with Crippen molar-refractivity contribution in [3.05, 3.63) is 53.6 Å². The third kappa shape index (κ3) is 5.51. The predicted molar refractivity (Wildman–Crippen MR) is 98.8 cm³/mol. The van der Waals surface area contributed by atoms with Crippen molar-refractivity contribution in [1.29, 1.82) is 0 Å². The summed E-state index contributed by atoms with van der Waals surface area (Å²) < 4.78 is 15.8. The van der Waals surface area contributed by atoms with Gasteiger partial charge in [0.2, 0.25) is 0 Å². The fourth-order valence-electron chi connectivity index (χ4n) is 2.26. The molecule has 0 atom stereocenters.